The van der Waals surface area contributed by atoms with E-state index in [4.69, 9.17) is 28.4 Å². The molecule has 3 rings (SSSR count). The van der Waals surface area contributed by atoms with Crippen LogP contribution < -0.4 is 0 Å². The molecule has 180 valence electrons. The number of fused-ring (bicyclic) bond motifs is 1. The molecule has 0 saturated carbocycles. The summed E-state index contributed by atoms with van der Waals surface area (Å²) in [7, 11) is -1.45. The van der Waals surface area contributed by atoms with Crippen molar-refractivity contribution in [1.82, 2.24) is 0 Å². The van der Waals surface area contributed by atoms with Gasteiger partial charge in [-0.25, -0.2) is 0 Å². The summed E-state index contributed by atoms with van der Waals surface area (Å²) in [4.78, 5) is 13.2. The van der Waals surface area contributed by atoms with Gasteiger partial charge in [0.05, 0.1) is 12.5 Å². The molecular formula is C24H38O7Si. The smallest absolute Gasteiger partial charge is 0.313 e. The molecule has 32 heavy (non-hydrogen) atoms. The maximum absolute atomic E-state index is 13.2. The first kappa shape index (κ1) is 25.4. The highest BCUT2D eigenvalue weighted by Crippen LogP contribution is 2.42. The van der Waals surface area contributed by atoms with Crippen LogP contribution in [-0.2, 0) is 33.2 Å². The Hall–Kier alpha value is -1.21. The Morgan fingerprint density at radius 2 is 1.81 bits per heavy atom. The van der Waals surface area contributed by atoms with Crippen LogP contribution >= 0.6 is 0 Å². The highest BCUT2D eigenvalue weighted by Gasteiger charge is 2.60. The molecular weight excluding hydrogens is 428 g/mol. The molecule has 0 bridgehead atoms. The summed E-state index contributed by atoms with van der Waals surface area (Å²) in [6, 6.07) is 0. The third-order valence-corrected chi connectivity index (χ3v) is 6.50. The highest BCUT2D eigenvalue weighted by atomic mass is 28.3. The van der Waals surface area contributed by atoms with Crippen LogP contribution in [0.1, 0.15) is 47.5 Å². The Kier molecular flexibility index (Phi) is 7.31. The van der Waals surface area contributed by atoms with Gasteiger partial charge >= 0.3 is 5.97 Å². The number of carbonyl (C=O) groups is 1. The highest BCUT2D eigenvalue weighted by molar-refractivity contribution is 6.83. The van der Waals surface area contributed by atoms with Gasteiger partial charge in [-0.2, -0.15) is 0 Å². The topological polar surface area (TPSA) is 72.5 Å². The third-order valence-electron chi connectivity index (χ3n) is 5.58. The van der Waals surface area contributed by atoms with Gasteiger partial charge in [-0.05, 0) is 41.0 Å². The van der Waals surface area contributed by atoms with E-state index in [1.54, 1.807) is 0 Å². The molecule has 3 aliphatic rings. The number of hydrogen-bond acceptors (Lipinski definition) is 7. The number of rotatable bonds is 6. The molecule has 0 aromatic rings. The van der Waals surface area contributed by atoms with Crippen LogP contribution in [-0.4, -0.2) is 62.9 Å². The molecule has 7 nitrogen and oxygen atoms in total. The SMILES string of the molecule is C=C(C)[C@@H](CCC#C[Si](C)(C)C)C(=O)O[C@@H]1[C@H]2OC(C)(C)O[C@H]2O[C@@H]1[C@H]1COC(C)(C)O1. The largest absolute Gasteiger partial charge is 0.456 e. The first-order chi connectivity index (χ1) is 14.7. The summed E-state index contributed by atoms with van der Waals surface area (Å²) in [6.45, 7) is 20.1. The van der Waals surface area contributed by atoms with Crippen molar-refractivity contribution in [3.05, 3.63) is 12.2 Å². The lowest BCUT2D eigenvalue weighted by atomic mass is 9.96. The molecule has 0 aromatic carbocycles. The maximum atomic E-state index is 13.2. The fourth-order valence-corrected chi connectivity index (χ4v) is 4.80. The molecule has 0 unspecified atom stereocenters. The van der Waals surface area contributed by atoms with E-state index in [9.17, 15) is 4.79 Å². The van der Waals surface area contributed by atoms with Crippen molar-refractivity contribution in [1.29, 1.82) is 0 Å². The first-order valence-electron chi connectivity index (χ1n) is 11.4. The predicted octanol–water partition coefficient (Wildman–Crippen LogP) is 3.78. The summed E-state index contributed by atoms with van der Waals surface area (Å²) >= 11 is 0. The van der Waals surface area contributed by atoms with Crippen LogP contribution in [0.3, 0.4) is 0 Å². The minimum absolute atomic E-state index is 0.338. The van der Waals surface area contributed by atoms with Crippen molar-refractivity contribution in [2.45, 2.75) is 109 Å². The van der Waals surface area contributed by atoms with Gasteiger partial charge in [0.2, 0.25) is 0 Å². The normalized spacial score (nSPS) is 33.8. The maximum Gasteiger partial charge on any atom is 0.313 e. The van der Waals surface area contributed by atoms with Crippen LogP contribution in [0.25, 0.3) is 0 Å². The second-order valence-corrected chi connectivity index (χ2v) is 15.6. The quantitative estimate of drug-likeness (QED) is 0.255. The molecule has 0 radical (unpaired) electrons. The van der Waals surface area contributed by atoms with E-state index in [2.05, 4.69) is 37.7 Å². The minimum atomic E-state index is -1.45. The van der Waals surface area contributed by atoms with E-state index in [0.717, 1.165) is 5.57 Å². The van der Waals surface area contributed by atoms with Gasteiger partial charge in [0.1, 0.15) is 20.3 Å². The van der Waals surface area contributed by atoms with Crippen molar-refractivity contribution >= 4 is 14.0 Å². The van der Waals surface area contributed by atoms with Gasteiger partial charge in [0.15, 0.2) is 30.1 Å². The van der Waals surface area contributed by atoms with E-state index >= 15 is 0 Å². The van der Waals surface area contributed by atoms with Crippen LogP contribution in [0.4, 0.5) is 0 Å². The molecule has 3 fully saturated rings. The van der Waals surface area contributed by atoms with Crippen LogP contribution in [0.2, 0.25) is 19.6 Å². The van der Waals surface area contributed by atoms with Gasteiger partial charge in [0, 0.05) is 6.42 Å². The van der Waals surface area contributed by atoms with Crippen LogP contribution in [0.15, 0.2) is 12.2 Å². The summed E-state index contributed by atoms with van der Waals surface area (Å²) < 4.78 is 35.8. The Bertz CT molecular complexity index is 788. The molecule has 0 aliphatic carbocycles. The van der Waals surface area contributed by atoms with Gasteiger partial charge in [-0.1, -0.05) is 31.8 Å². The van der Waals surface area contributed by atoms with Crippen LogP contribution in [0.5, 0.6) is 0 Å². The molecule has 3 heterocycles. The number of ether oxygens (including phenoxy) is 6. The molecule has 0 N–H and O–H groups in total. The van der Waals surface area contributed by atoms with Crippen molar-refractivity contribution in [2.75, 3.05) is 6.61 Å². The van der Waals surface area contributed by atoms with Crippen LogP contribution in [0, 0.1) is 17.4 Å². The Balaban J connectivity index is 1.73. The van der Waals surface area contributed by atoms with Gasteiger partial charge < -0.3 is 28.4 Å². The number of carbonyl (C=O) groups excluding carboxylic acids is 1. The molecule has 0 amide bonds. The van der Waals surface area contributed by atoms with Gasteiger partial charge in [-0.15, -0.1) is 11.5 Å². The Morgan fingerprint density at radius 3 is 2.38 bits per heavy atom. The summed E-state index contributed by atoms with van der Waals surface area (Å²) in [5, 5.41) is 0. The summed E-state index contributed by atoms with van der Waals surface area (Å²) in [6.07, 6.45) is -1.61. The van der Waals surface area contributed by atoms with E-state index < -0.39 is 56.3 Å². The molecule has 8 heteroatoms. The number of esters is 1. The lowest BCUT2D eigenvalue weighted by Gasteiger charge is -2.29. The van der Waals surface area contributed by atoms with Crippen molar-refractivity contribution in [3.63, 3.8) is 0 Å². The second kappa shape index (κ2) is 9.20. The molecule has 0 aromatic heterocycles. The van der Waals surface area contributed by atoms with E-state index in [-0.39, 0.29) is 5.97 Å². The Morgan fingerprint density at radius 1 is 1.12 bits per heavy atom. The van der Waals surface area contributed by atoms with Crippen molar-refractivity contribution in [2.24, 2.45) is 5.92 Å². The fraction of sp³-hybridized carbons (Fsp3) is 0.792. The fourth-order valence-electron chi connectivity index (χ4n) is 4.14. The van der Waals surface area contributed by atoms with Crippen molar-refractivity contribution < 1.29 is 33.2 Å². The van der Waals surface area contributed by atoms with E-state index in [1.165, 1.54) is 0 Å². The molecule has 3 aliphatic heterocycles. The lowest BCUT2D eigenvalue weighted by Crippen LogP contribution is -2.46. The standard InChI is InChI=1S/C24H38O7Si/c1-15(2)16(12-10-11-13-32(7,8)9)21(25)27-19-18(17-14-26-23(3,4)29-17)28-22-20(19)30-24(5,6)31-22/h16-20,22H,1,10,12,14H2,2-9H3/t16-,17-,18-,19+,20-,22-/m1/s1. The Labute approximate surface area is 193 Å². The molecule has 6 atom stereocenters. The first-order valence-corrected chi connectivity index (χ1v) is 14.9. The molecule has 0 spiro atoms. The summed E-state index contributed by atoms with van der Waals surface area (Å²) in [5.74, 6) is 0.884. The minimum Gasteiger partial charge on any atom is -0.456 e. The zero-order chi connectivity index (χ0) is 23.9. The molecule has 3 saturated heterocycles. The second-order valence-electron chi connectivity index (χ2n) is 10.8. The monoisotopic (exact) mass is 466 g/mol. The lowest BCUT2D eigenvalue weighted by molar-refractivity contribution is -0.235. The average molecular weight is 467 g/mol. The average Bonchev–Trinajstić information content (AvgIpc) is 3.23. The van der Waals surface area contributed by atoms with Gasteiger partial charge in [0.25, 0.3) is 0 Å². The van der Waals surface area contributed by atoms with Crippen molar-refractivity contribution in [3.8, 4) is 11.5 Å². The predicted molar refractivity (Wildman–Crippen MR) is 122 cm³/mol. The summed E-state index contributed by atoms with van der Waals surface area (Å²) in [5.41, 5.74) is 4.09. The number of hydrogen-bond donors (Lipinski definition) is 0. The van der Waals surface area contributed by atoms with E-state index in [1.807, 2.05) is 34.6 Å². The van der Waals surface area contributed by atoms with Gasteiger partial charge in [-0.3, -0.25) is 4.79 Å². The third kappa shape index (κ3) is 6.22. The zero-order valence-corrected chi connectivity index (χ0v) is 21.7. The van der Waals surface area contributed by atoms with E-state index in [0.29, 0.717) is 19.4 Å². The zero-order valence-electron chi connectivity index (χ0n) is 20.7.